The van der Waals surface area contributed by atoms with E-state index >= 15 is 0 Å². The molecular weight excluding hydrogens is 427 g/mol. The van der Waals surface area contributed by atoms with Gasteiger partial charge < -0.3 is 15.0 Å². The summed E-state index contributed by atoms with van der Waals surface area (Å²) in [5, 5.41) is 3.74. The molecule has 0 bridgehead atoms. The van der Waals surface area contributed by atoms with Crippen molar-refractivity contribution in [2.24, 2.45) is 5.92 Å². The summed E-state index contributed by atoms with van der Waals surface area (Å²) < 4.78 is 6.76. The number of ether oxygens (including phenoxy) is 1. The number of nitrogens with one attached hydrogen (secondary N) is 1. The van der Waals surface area contributed by atoms with Crippen LogP contribution in [-0.4, -0.2) is 42.3 Å². The van der Waals surface area contributed by atoms with E-state index in [1.807, 2.05) is 25.7 Å². The Morgan fingerprint density at radius 3 is 2.48 bits per heavy atom. The number of halogens is 1. The molecule has 1 aliphatic carbocycles. The first-order valence-corrected chi connectivity index (χ1v) is 10.4. The third-order valence-corrected chi connectivity index (χ3v) is 5.74. The number of likely N-dealkylation sites (tertiary alicyclic amines) is 1. The van der Waals surface area contributed by atoms with E-state index in [0.717, 1.165) is 32.5 Å². The van der Waals surface area contributed by atoms with Crippen LogP contribution < -0.4 is 5.32 Å². The Balaban J connectivity index is 1.36. The van der Waals surface area contributed by atoms with Gasteiger partial charge in [-0.3, -0.25) is 0 Å². The Morgan fingerprint density at radius 2 is 1.88 bits per heavy atom. The van der Waals surface area contributed by atoms with Crippen molar-refractivity contribution in [2.45, 2.75) is 57.6 Å². The molecular formula is C20H29IN2O2. The van der Waals surface area contributed by atoms with E-state index in [0.29, 0.717) is 17.9 Å². The summed E-state index contributed by atoms with van der Waals surface area (Å²) in [5.74, 6) is 1.34. The van der Waals surface area contributed by atoms with Crippen LogP contribution >= 0.6 is 22.6 Å². The molecule has 2 aliphatic rings. The van der Waals surface area contributed by atoms with Crippen molar-refractivity contribution in [2.75, 3.05) is 19.6 Å². The molecule has 0 aromatic heterocycles. The highest BCUT2D eigenvalue weighted by atomic mass is 127. The molecule has 1 amide bonds. The van der Waals surface area contributed by atoms with Crippen molar-refractivity contribution in [3.8, 4) is 0 Å². The van der Waals surface area contributed by atoms with E-state index in [4.69, 9.17) is 4.74 Å². The van der Waals surface area contributed by atoms with Crippen LogP contribution in [0.3, 0.4) is 0 Å². The third kappa shape index (κ3) is 5.58. The number of hydrogen-bond acceptors (Lipinski definition) is 3. The second kappa shape index (κ2) is 7.82. The van der Waals surface area contributed by atoms with Crippen molar-refractivity contribution in [1.82, 2.24) is 10.2 Å². The molecule has 2 fully saturated rings. The first-order chi connectivity index (χ1) is 11.8. The van der Waals surface area contributed by atoms with Crippen molar-refractivity contribution < 1.29 is 9.53 Å². The maximum atomic E-state index is 12.1. The third-order valence-electron chi connectivity index (χ3n) is 5.02. The Hall–Kier alpha value is -0.820. The molecule has 1 N–H and O–H groups in total. The minimum Gasteiger partial charge on any atom is -0.444 e. The highest BCUT2D eigenvalue weighted by Crippen LogP contribution is 2.41. The van der Waals surface area contributed by atoms with Crippen LogP contribution in [0, 0.1) is 9.49 Å². The fourth-order valence-electron chi connectivity index (χ4n) is 3.46. The summed E-state index contributed by atoms with van der Waals surface area (Å²) in [4.78, 5) is 14.0. The zero-order valence-corrected chi connectivity index (χ0v) is 17.6. The van der Waals surface area contributed by atoms with Crippen LogP contribution in [0.2, 0.25) is 0 Å². The molecule has 4 nitrogen and oxygen atoms in total. The van der Waals surface area contributed by atoms with Gasteiger partial charge in [-0.2, -0.15) is 0 Å². The number of amides is 1. The van der Waals surface area contributed by atoms with Gasteiger partial charge in [0, 0.05) is 28.6 Å². The summed E-state index contributed by atoms with van der Waals surface area (Å²) in [6.07, 6.45) is 3.21. The van der Waals surface area contributed by atoms with E-state index < -0.39 is 5.60 Å². The predicted molar refractivity (Wildman–Crippen MR) is 109 cm³/mol. The predicted octanol–water partition coefficient (Wildman–Crippen LogP) is 4.38. The van der Waals surface area contributed by atoms with Crippen LogP contribution in [0.4, 0.5) is 4.79 Å². The molecule has 0 unspecified atom stereocenters. The lowest BCUT2D eigenvalue weighted by Gasteiger charge is -2.33. The molecule has 1 aliphatic heterocycles. The normalized spacial score (nSPS) is 24.2. The average Bonchev–Trinajstić information content (AvgIpc) is 3.32. The van der Waals surface area contributed by atoms with Gasteiger partial charge >= 0.3 is 6.09 Å². The molecule has 1 saturated carbocycles. The number of hydrogen-bond donors (Lipinski definition) is 1. The number of benzene rings is 1. The van der Waals surface area contributed by atoms with Gasteiger partial charge in [-0.05, 0) is 92.8 Å². The van der Waals surface area contributed by atoms with Gasteiger partial charge in [0.05, 0.1) is 0 Å². The molecule has 0 spiro atoms. The number of nitrogens with zero attached hydrogens (tertiary/aromatic N) is 1. The van der Waals surface area contributed by atoms with E-state index in [-0.39, 0.29) is 6.09 Å². The number of rotatable bonds is 4. The number of carbonyl (C=O) groups excluding carboxylic acids is 1. The Morgan fingerprint density at radius 1 is 1.24 bits per heavy atom. The van der Waals surface area contributed by atoms with Gasteiger partial charge in [-0.25, -0.2) is 4.79 Å². The van der Waals surface area contributed by atoms with Crippen molar-refractivity contribution in [3.63, 3.8) is 0 Å². The average molecular weight is 456 g/mol. The molecule has 2 atom stereocenters. The first-order valence-electron chi connectivity index (χ1n) is 9.28. The standard InChI is InChI=1S/C20H29IN2O2/c1-20(2,3)25-19(24)23-10-8-14(9-11-23)13-22-18-12-17(18)15-4-6-16(21)7-5-15/h4-7,14,17-18,22H,8-13H2,1-3H3/t17-,18+/m1/s1. The van der Waals surface area contributed by atoms with E-state index in [1.165, 1.54) is 15.6 Å². The maximum Gasteiger partial charge on any atom is 0.410 e. The maximum absolute atomic E-state index is 12.1. The summed E-state index contributed by atoms with van der Waals surface area (Å²) in [5.41, 5.74) is 1.05. The largest absolute Gasteiger partial charge is 0.444 e. The van der Waals surface area contributed by atoms with Gasteiger partial charge in [0.1, 0.15) is 5.60 Å². The Labute approximate surface area is 164 Å². The fourth-order valence-corrected chi connectivity index (χ4v) is 3.82. The molecule has 0 radical (unpaired) electrons. The second-order valence-corrected chi connectivity index (χ2v) is 9.56. The molecule has 25 heavy (non-hydrogen) atoms. The summed E-state index contributed by atoms with van der Waals surface area (Å²) >= 11 is 2.35. The van der Waals surface area contributed by atoms with Crippen molar-refractivity contribution in [1.29, 1.82) is 0 Å². The van der Waals surface area contributed by atoms with E-state index in [9.17, 15) is 4.79 Å². The lowest BCUT2D eigenvalue weighted by molar-refractivity contribution is 0.0184. The molecule has 138 valence electrons. The second-order valence-electron chi connectivity index (χ2n) is 8.32. The fraction of sp³-hybridized carbons (Fsp3) is 0.650. The molecule has 5 heteroatoms. The molecule has 3 rings (SSSR count). The lowest BCUT2D eigenvalue weighted by Crippen LogP contribution is -2.43. The van der Waals surface area contributed by atoms with Gasteiger partial charge in [0.25, 0.3) is 0 Å². The SMILES string of the molecule is CC(C)(C)OC(=O)N1CCC(CN[C@H]2C[C@@H]2c2ccc(I)cc2)CC1. The molecule has 1 saturated heterocycles. The highest BCUT2D eigenvalue weighted by molar-refractivity contribution is 14.1. The smallest absolute Gasteiger partial charge is 0.410 e. The van der Waals surface area contributed by atoms with Gasteiger partial charge in [-0.15, -0.1) is 0 Å². The quantitative estimate of drug-likeness (QED) is 0.684. The number of piperidine rings is 1. The van der Waals surface area contributed by atoms with Crippen molar-refractivity contribution >= 4 is 28.7 Å². The molecule has 1 aromatic rings. The number of carbonyl (C=O) groups is 1. The molecule has 1 aromatic carbocycles. The Bertz CT molecular complexity index is 589. The van der Waals surface area contributed by atoms with Crippen molar-refractivity contribution in [3.05, 3.63) is 33.4 Å². The van der Waals surface area contributed by atoms with Crippen LogP contribution in [0.25, 0.3) is 0 Å². The summed E-state index contributed by atoms with van der Waals surface area (Å²) in [6.45, 7) is 8.44. The monoisotopic (exact) mass is 456 g/mol. The summed E-state index contributed by atoms with van der Waals surface area (Å²) in [6, 6.07) is 9.53. The zero-order valence-electron chi connectivity index (χ0n) is 15.4. The van der Waals surface area contributed by atoms with Gasteiger partial charge in [-0.1, -0.05) is 12.1 Å². The Kier molecular flexibility index (Phi) is 5.93. The van der Waals surface area contributed by atoms with Crippen LogP contribution in [0.1, 0.15) is 51.5 Å². The van der Waals surface area contributed by atoms with Gasteiger partial charge in [0.2, 0.25) is 0 Å². The summed E-state index contributed by atoms with van der Waals surface area (Å²) in [7, 11) is 0. The highest BCUT2D eigenvalue weighted by Gasteiger charge is 2.38. The minimum atomic E-state index is -0.411. The van der Waals surface area contributed by atoms with E-state index in [2.05, 4.69) is 52.2 Å². The minimum absolute atomic E-state index is 0.167. The first kappa shape index (κ1) is 19.0. The topological polar surface area (TPSA) is 41.6 Å². The van der Waals surface area contributed by atoms with E-state index in [1.54, 1.807) is 0 Å². The molecule has 1 heterocycles. The van der Waals surface area contributed by atoms with Crippen LogP contribution in [0.15, 0.2) is 24.3 Å². The lowest BCUT2D eigenvalue weighted by atomic mass is 9.97. The zero-order chi connectivity index (χ0) is 18.0. The van der Waals surface area contributed by atoms with Gasteiger partial charge in [0.15, 0.2) is 0 Å². The van der Waals surface area contributed by atoms with Crippen LogP contribution in [0.5, 0.6) is 0 Å². The van der Waals surface area contributed by atoms with Crippen LogP contribution in [-0.2, 0) is 4.74 Å².